The van der Waals surface area contributed by atoms with Crippen LogP contribution in [0.5, 0.6) is 11.5 Å². The first-order chi connectivity index (χ1) is 14.3. The fraction of sp³-hybridized carbons (Fsp3) is 0.333. The molecule has 2 rings (SSSR count). The van der Waals surface area contributed by atoms with Crippen LogP contribution in [-0.2, 0) is 9.59 Å². The van der Waals surface area contributed by atoms with Crippen LogP contribution in [-0.4, -0.2) is 32.1 Å². The topological polar surface area (TPSA) is 76.7 Å². The molecule has 0 heterocycles. The zero-order valence-corrected chi connectivity index (χ0v) is 18.3. The minimum absolute atomic E-state index is 0.108. The van der Waals surface area contributed by atoms with Crippen LogP contribution in [0.15, 0.2) is 36.4 Å². The Morgan fingerprint density at radius 2 is 1.73 bits per heavy atom. The molecule has 0 aliphatic carbocycles. The summed E-state index contributed by atoms with van der Waals surface area (Å²) in [6.45, 7) is 8.44. The number of methoxy groups -OCH3 is 1. The van der Waals surface area contributed by atoms with E-state index in [4.69, 9.17) is 9.47 Å². The van der Waals surface area contributed by atoms with Gasteiger partial charge in [0.15, 0.2) is 11.5 Å². The van der Waals surface area contributed by atoms with Crippen LogP contribution in [0, 0.1) is 20.8 Å². The first-order valence-electron chi connectivity index (χ1n) is 9.98. The van der Waals surface area contributed by atoms with E-state index in [1.165, 1.54) is 6.08 Å². The van der Waals surface area contributed by atoms with E-state index in [2.05, 4.69) is 10.6 Å². The van der Waals surface area contributed by atoms with Crippen molar-refractivity contribution in [2.24, 2.45) is 0 Å². The molecule has 2 N–H and O–H groups in total. The third kappa shape index (κ3) is 6.65. The van der Waals surface area contributed by atoms with Crippen LogP contribution >= 0.6 is 0 Å². The van der Waals surface area contributed by atoms with Crippen molar-refractivity contribution in [1.29, 1.82) is 0 Å². The van der Waals surface area contributed by atoms with Crippen molar-refractivity contribution in [1.82, 2.24) is 5.32 Å². The number of hydrogen-bond acceptors (Lipinski definition) is 4. The highest BCUT2D eigenvalue weighted by Crippen LogP contribution is 2.28. The number of rotatable bonds is 9. The molecule has 2 aromatic rings. The number of nitrogens with one attached hydrogen (secondary N) is 2. The molecule has 0 atom stereocenters. The molecule has 2 aromatic carbocycles. The van der Waals surface area contributed by atoms with Crippen LogP contribution < -0.4 is 20.1 Å². The summed E-state index contributed by atoms with van der Waals surface area (Å²) in [4.78, 5) is 24.3. The van der Waals surface area contributed by atoms with Crippen molar-refractivity contribution in [2.45, 2.75) is 34.1 Å². The van der Waals surface area contributed by atoms with Crippen molar-refractivity contribution < 1.29 is 19.1 Å². The molecule has 6 heteroatoms. The number of benzene rings is 2. The van der Waals surface area contributed by atoms with Crippen LogP contribution in [0.3, 0.4) is 0 Å². The molecule has 0 saturated carbocycles. The molecule has 0 aromatic heterocycles. The quantitative estimate of drug-likeness (QED) is 0.608. The van der Waals surface area contributed by atoms with Gasteiger partial charge in [-0.25, -0.2) is 0 Å². The van der Waals surface area contributed by atoms with Crippen molar-refractivity contribution in [3.8, 4) is 11.5 Å². The standard InChI is InChI=1S/C24H30N2O4/c1-6-11-30-20-9-7-19(14-21(20)29-5)8-10-22(27)25-15-23(28)26-24-17(3)12-16(2)13-18(24)4/h7-10,12-14H,6,11,15H2,1-5H3,(H,25,27)(H,26,28)/b10-8+. The number of ether oxygens (including phenoxy) is 2. The molecule has 0 fully saturated rings. The van der Waals surface area contributed by atoms with E-state index >= 15 is 0 Å². The van der Waals surface area contributed by atoms with Gasteiger partial charge in [0.05, 0.1) is 20.3 Å². The van der Waals surface area contributed by atoms with Gasteiger partial charge in [0.2, 0.25) is 11.8 Å². The summed E-state index contributed by atoms with van der Waals surface area (Å²) in [7, 11) is 1.57. The molecule has 6 nitrogen and oxygen atoms in total. The first kappa shape index (κ1) is 23.0. The smallest absolute Gasteiger partial charge is 0.244 e. The lowest BCUT2D eigenvalue weighted by molar-refractivity contribution is -0.121. The fourth-order valence-electron chi connectivity index (χ4n) is 3.08. The van der Waals surface area contributed by atoms with Crippen LogP contribution in [0.1, 0.15) is 35.6 Å². The minimum Gasteiger partial charge on any atom is -0.493 e. The average molecular weight is 411 g/mol. The number of carbonyl (C=O) groups excluding carboxylic acids is 2. The summed E-state index contributed by atoms with van der Waals surface area (Å²) in [6, 6.07) is 9.47. The molecule has 0 saturated heterocycles. The largest absolute Gasteiger partial charge is 0.493 e. The fourth-order valence-corrected chi connectivity index (χ4v) is 3.08. The molecular formula is C24H30N2O4. The van der Waals surface area contributed by atoms with Gasteiger partial charge in [-0.15, -0.1) is 0 Å². The Morgan fingerprint density at radius 1 is 1.03 bits per heavy atom. The summed E-state index contributed by atoms with van der Waals surface area (Å²) in [6.07, 6.45) is 3.95. The van der Waals surface area contributed by atoms with Crippen molar-refractivity contribution in [3.05, 3.63) is 58.7 Å². The van der Waals surface area contributed by atoms with Crippen molar-refractivity contribution in [2.75, 3.05) is 25.6 Å². The Kier molecular flexibility index (Phi) is 8.47. The zero-order valence-electron chi connectivity index (χ0n) is 18.3. The second kappa shape index (κ2) is 11.0. The van der Waals surface area contributed by atoms with E-state index in [1.807, 2.05) is 52.0 Å². The molecule has 30 heavy (non-hydrogen) atoms. The number of hydrogen-bond donors (Lipinski definition) is 2. The van der Waals surface area contributed by atoms with E-state index in [1.54, 1.807) is 19.3 Å². The van der Waals surface area contributed by atoms with Gasteiger partial charge in [-0.3, -0.25) is 9.59 Å². The molecule has 0 radical (unpaired) electrons. The van der Waals surface area contributed by atoms with E-state index in [-0.39, 0.29) is 18.4 Å². The monoisotopic (exact) mass is 410 g/mol. The van der Waals surface area contributed by atoms with Crippen molar-refractivity contribution in [3.63, 3.8) is 0 Å². The summed E-state index contributed by atoms with van der Waals surface area (Å²) in [5.74, 6) is 0.646. The third-order valence-corrected chi connectivity index (χ3v) is 4.44. The molecule has 0 aliphatic heterocycles. The Labute approximate surface area is 178 Å². The lowest BCUT2D eigenvalue weighted by Crippen LogP contribution is -2.32. The highest BCUT2D eigenvalue weighted by Gasteiger charge is 2.09. The molecule has 0 unspecified atom stereocenters. The first-order valence-corrected chi connectivity index (χ1v) is 9.98. The minimum atomic E-state index is -0.354. The summed E-state index contributed by atoms with van der Waals surface area (Å²) >= 11 is 0. The van der Waals surface area contributed by atoms with Gasteiger partial charge in [-0.2, -0.15) is 0 Å². The third-order valence-electron chi connectivity index (χ3n) is 4.44. The second-order valence-electron chi connectivity index (χ2n) is 7.13. The van der Waals surface area contributed by atoms with E-state index in [0.717, 1.165) is 34.4 Å². The SMILES string of the molecule is CCCOc1ccc(/C=C/C(=O)NCC(=O)Nc2c(C)cc(C)cc2C)cc1OC. The maximum Gasteiger partial charge on any atom is 0.244 e. The normalized spacial score (nSPS) is 10.7. The summed E-state index contributed by atoms with van der Waals surface area (Å²) in [5, 5.41) is 5.46. The molecule has 0 bridgehead atoms. The Bertz CT molecular complexity index is 912. The van der Waals surface area contributed by atoms with Gasteiger partial charge in [0, 0.05) is 11.8 Å². The van der Waals surface area contributed by atoms with Gasteiger partial charge < -0.3 is 20.1 Å². The van der Waals surface area contributed by atoms with E-state index < -0.39 is 0 Å². The maximum absolute atomic E-state index is 12.2. The average Bonchev–Trinajstić information content (AvgIpc) is 2.71. The molecular weight excluding hydrogens is 380 g/mol. The van der Waals surface area contributed by atoms with E-state index in [0.29, 0.717) is 18.1 Å². The Balaban J connectivity index is 1.91. The lowest BCUT2D eigenvalue weighted by atomic mass is 10.1. The molecule has 0 spiro atoms. The molecule has 0 aliphatic rings. The zero-order chi connectivity index (χ0) is 22.1. The lowest BCUT2D eigenvalue weighted by Gasteiger charge is -2.13. The van der Waals surface area contributed by atoms with Crippen LogP contribution in [0.4, 0.5) is 5.69 Å². The number of amides is 2. The summed E-state index contributed by atoms with van der Waals surface area (Å²) < 4.78 is 11.0. The number of carbonyl (C=O) groups is 2. The van der Waals surface area contributed by atoms with Crippen LogP contribution in [0.25, 0.3) is 6.08 Å². The second-order valence-corrected chi connectivity index (χ2v) is 7.13. The Morgan fingerprint density at radius 3 is 2.37 bits per heavy atom. The van der Waals surface area contributed by atoms with Gasteiger partial charge in [0.25, 0.3) is 0 Å². The van der Waals surface area contributed by atoms with Gasteiger partial charge in [-0.05, 0) is 62.1 Å². The van der Waals surface area contributed by atoms with Crippen LogP contribution in [0.2, 0.25) is 0 Å². The van der Waals surface area contributed by atoms with E-state index in [9.17, 15) is 9.59 Å². The maximum atomic E-state index is 12.2. The number of anilines is 1. The van der Waals surface area contributed by atoms with Gasteiger partial charge >= 0.3 is 0 Å². The molecule has 2 amide bonds. The summed E-state index contributed by atoms with van der Waals surface area (Å²) in [5.41, 5.74) is 4.71. The van der Waals surface area contributed by atoms with Gasteiger partial charge in [-0.1, -0.05) is 30.7 Å². The Hall–Kier alpha value is -3.28. The van der Waals surface area contributed by atoms with Crippen molar-refractivity contribution >= 4 is 23.6 Å². The highest BCUT2D eigenvalue weighted by molar-refractivity contribution is 5.98. The number of aryl methyl sites for hydroxylation is 3. The predicted molar refractivity (Wildman–Crippen MR) is 120 cm³/mol. The molecule has 160 valence electrons. The van der Waals surface area contributed by atoms with Gasteiger partial charge in [0.1, 0.15) is 0 Å². The predicted octanol–water partition coefficient (Wildman–Crippen LogP) is 4.18. The highest BCUT2D eigenvalue weighted by atomic mass is 16.5.